The van der Waals surface area contributed by atoms with Crippen LogP contribution in [0.25, 0.3) is 5.57 Å². The van der Waals surface area contributed by atoms with Crippen molar-refractivity contribution in [2.24, 2.45) is 0 Å². The quantitative estimate of drug-likeness (QED) is 0.671. The molecule has 0 aliphatic carbocycles. The topological polar surface area (TPSA) is 60.1 Å². The van der Waals surface area contributed by atoms with Crippen molar-refractivity contribution in [2.75, 3.05) is 26.3 Å². The first kappa shape index (κ1) is 16.2. The van der Waals surface area contributed by atoms with Crippen LogP contribution in [0.2, 0.25) is 0 Å². The zero-order valence-corrected chi connectivity index (χ0v) is 12.9. The normalized spacial score (nSPS) is 16.1. The van der Waals surface area contributed by atoms with E-state index in [9.17, 15) is 5.26 Å². The first-order chi connectivity index (χ1) is 10.7. The molecule has 1 aromatic rings. The maximum atomic E-state index is 9.44. The summed E-state index contributed by atoms with van der Waals surface area (Å²) in [6, 6.07) is 8.18. The Balaban J connectivity index is 2.27. The van der Waals surface area contributed by atoms with Crippen molar-refractivity contribution in [2.45, 2.75) is 13.5 Å². The molecule has 1 fully saturated rings. The first-order valence-corrected chi connectivity index (χ1v) is 7.36. The van der Waals surface area contributed by atoms with Gasteiger partial charge < -0.3 is 10.1 Å². The van der Waals surface area contributed by atoms with E-state index in [-0.39, 0.29) is 0 Å². The first-order valence-electron chi connectivity index (χ1n) is 7.36. The molecular weight excluding hydrogens is 274 g/mol. The van der Waals surface area contributed by atoms with Gasteiger partial charge in [-0.2, -0.15) is 5.26 Å². The summed E-state index contributed by atoms with van der Waals surface area (Å²) in [6.07, 6.45) is 2.96. The van der Waals surface area contributed by atoms with Crippen molar-refractivity contribution in [3.05, 3.63) is 53.1 Å². The van der Waals surface area contributed by atoms with Crippen LogP contribution in [0.15, 0.2) is 36.4 Å². The molecular formula is C18H21N3O. The van der Waals surface area contributed by atoms with Crippen molar-refractivity contribution in [3.63, 3.8) is 0 Å². The SMILES string of the molecule is C=C(C)/C(=C\C=N)c1ccc(CN2CCOCC2)c(C#N)c1. The van der Waals surface area contributed by atoms with Crippen molar-refractivity contribution < 1.29 is 4.74 Å². The van der Waals surface area contributed by atoms with Crippen LogP contribution < -0.4 is 0 Å². The van der Waals surface area contributed by atoms with Crippen LogP contribution in [0.3, 0.4) is 0 Å². The molecule has 0 bridgehead atoms. The summed E-state index contributed by atoms with van der Waals surface area (Å²) in [5.41, 5.74) is 4.42. The zero-order chi connectivity index (χ0) is 15.9. The lowest BCUT2D eigenvalue weighted by molar-refractivity contribution is 0.0341. The Morgan fingerprint density at radius 2 is 2.18 bits per heavy atom. The highest BCUT2D eigenvalue weighted by molar-refractivity contribution is 5.89. The molecule has 1 aromatic carbocycles. The minimum atomic E-state index is 0.682. The summed E-state index contributed by atoms with van der Waals surface area (Å²) in [5, 5.41) is 16.7. The van der Waals surface area contributed by atoms with Crippen molar-refractivity contribution in [3.8, 4) is 6.07 Å². The fourth-order valence-electron chi connectivity index (χ4n) is 2.55. The Bertz CT molecular complexity index is 634. The standard InChI is InChI=1S/C18H21N3O/c1-14(2)18(5-6-19)15-3-4-16(17(11-15)12-20)13-21-7-9-22-10-8-21/h3-6,11,19H,1,7-10,13H2,2H3/b18-5+,19-6?. The van der Waals surface area contributed by atoms with Crippen molar-refractivity contribution >= 4 is 11.8 Å². The minimum Gasteiger partial charge on any atom is -0.379 e. The summed E-state index contributed by atoms with van der Waals surface area (Å²) in [7, 11) is 0. The van der Waals surface area contributed by atoms with Gasteiger partial charge in [-0.15, -0.1) is 0 Å². The van der Waals surface area contributed by atoms with Gasteiger partial charge >= 0.3 is 0 Å². The van der Waals surface area contributed by atoms with Gasteiger partial charge in [0.25, 0.3) is 0 Å². The molecule has 0 unspecified atom stereocenters. The van der Waals surface area contributed by atoms with Gasteiger partial charge in [-0.1, -0.05) is 24.3 Å². The molecule has 4 nitrogen and oxygen atoms in total. The number of nitriles is 1. The lowest BCUT2D eigenvalue weighted by atomic mass is 9.95. The number of morpholine rings is 1. The van der Waals surface area contributed by atoms with Crippen LogP contribution in [0.4, 0.5) is 0 Å². The largest absolute Gasteiger partial charge is 0.379 e. The number of nitrogens with zero attached hydrogens (tertiary/aromatic N) is 2. The molecule has 2 rings (SSSR count). The Labute approximate surface area is 131 Å². The number of ether oxygens (including phenoxy) is 1. The molecule has 0 spiro atoms. The number of nitrogens with one attached hydrogen (secondary N) is 1. The number of allylic oxidation sites excluding steroid dienone is 3. The fourth-order valence-corrected chi connectivity index (χ4v) is 2.55. The second kappa shape index (κ2) is 7.69. The summed E-state index contributed by atoms with van der Waals surface area (Å²) in [6.45, 7) is 9.92. The van der Waals surface area contributed by atoms with Gasteiger partial charge in [-0.05, 0) is 35.8 Å². The van der Waals surface area contributed by atoms with Crippen LogP contribution in [-0.4, -0.2) is 37.4 Å². The highest BCUT2D eigenvalue weighted by Gasteiger charge is 2.14. The molecule has 1 saturated heterocycles. The highest BCUT2D eigenvalue weighted by atomic mass is 16.5. The molecule has 114 valence electrons. The molecule has 0 amide bonds. The van der Waals surface area contributed by atoms with Gasteiger partial charge in [0, 0.05) is 25.8 Å². The summed E-state index contributed by atoms with van der Waals surface area (Å²) in [4.78, 5) is 2.30. The van der Waals surface area contributed by atoms with Crippen LogP contribution in [0, 0.1) is 16.7 Å². The number of rotatable bonds is 5. The van der Waals surface area contributed by atoms with E-state index in [1.54, 1.807) is 6.08 Å². The van der Waals surface area contributed by atoms with Gasteiger partial charge in [-0.3, -0.25) is 4.90 Å². The highest BCUT2D eigenvalue weighted by Crippen LogP contribution is 2.24. The van der Waals surface area contributed by atoms with Gasteiger partial charge in [0.05, 0.1) is 24.8 Å². The molecule has 1 heterocycles. The molecule has 1 N–H and O–H groups in total. The Morgan fingerprint density at radius 3 is 2.77 bits per heavy atom. The lowest BCUT2D eigenvalue weighted by Crippen LogP contribution is -2.35. The van der Waals surface area contributed by atoms with Gasteiger partial charge in [0.15, 0.2) is 0 Å². The second-order valence-electron chi connectivity index (χ2n) is 5.40. The lowest BCUT2D eigenvalue weighted by Gasteiger charge is -2.27. The number of benzene rings is 1. The molecule has 4 heteroatoms. The van der Waals surface area contributed by atoms with E-state index in [0.29, 0.717) is 5.56 Å². The molecule has 1 aliphatic heterocycles. The van der Waals surface area contributed by atoms with Gasteiger partial charge in [0.2, 0.25) is 0 Å². The maximum Gasteiger partial charge on any atom is 0.0995 e. The molecule has 22 heavy (non-hydrogen) atoms. The molecule has 0 saturated carbocycles. The Hall–Kier alpha value is -2.22. The number of hydrogen-bond acceptors (Lipinski definition) is 4. The average Bonchev–Trinajstić information content (AvgIpc) is 2.54. The third kappa shape index (κ3) is 3.91. The van der Waals surface area contributed by atoms with E-state index in [0.717, 1.165) is 55.1 Å². The predicted molar refractivity (Wildman–Crippen MR) is 88.8 cm³/mol. The Kier molecular flexibility index (Phi) is 5.65. The summed E-state index contributed by atoms with van der Waals surface area (Å²) < 4.78 is 5.35. The average molecular weight is 295 g/mol. The van der Waals surface area contributed by atoms with E-state index in [2.05, 4.69) is 17.5 Å². The van der Waals surface area contributed by atoms with Gasteiger partial charge in [-0.25, -0.2) is 0 Å². The fraction of sp³-hybridized carbons (Fsp3) is 0.333. The van der Waals surface area contributed by atoms with Gasteiger partial charge in [0.1, 0.15) is 0 Å². The van der Waals surface area contributed by atoms with E-state index < -0.39 is 0 Å². The molecule has 1 aliphatic rings. The molecule has 0 radical (unpaired) electrons. The third-order valence-electron chi connectivity index (χ3n) is 3.75. The van der Waals surface area contributed by atoms with E-state index in [4.69, 9.17) is 10.1 Å². The van der Waals surface area contributed by atoms with E-state index in [1.165, 1.54) is 6.21 Å². The maximum absolute atomic E-state index is 9.44. The van der Waals surface area contributed by atoms with Crippen molar-refractivity contribution in [1.82, 2.24) is 4.90 Å². The monoisotopic (exact) mass is 295 g/mol. The minimum absolute atomic E-state index is 0.682. The van der Waals surface area contributed by atoms with E-state index in [1.807, 2.05) is 25.1 Å². The smallest absolute Gasteiger partial charge is 0.0995 e. The Morgan fingerprint density at radius 1 is 1.45 bits per heavy atom. The van der Waals surface area contributed by atoms with Crippen molar-refractivity contribution in [1.29, 1.82) is 10.7 Å². The van der Waals surface area contributed by atoms with Crippen LogP contribution >= 0.6 is 0 Å². The predicted octanol–water partition coefficient (Wildman–Crippen LogP) is 3.00. The molecule has 0 atom stereocenters. The van der Waals surface area contributed by atoms with Crippen LogP contribution in [0.1, 0.15) is 23.6 Å². The van der Waals surface area contributed by atoms with Crippen LogP contribution in [0.5, 0.6) is 0 Å². The molecule has 0 aromatic heterocycles. The van der Waals surface area contributed by atoms with E-state index >= 15 is 0 Å². The van der Waals surface area contributed by atoms with Crippen LogP contribution in [-0.2, 0) is 11.3 Å². The summed E-state index contributed by atoms with van der Waals surface area (Å²) in [5.74, 6) is 0. The second-order valence-corrected chi connectivity index (χ2v) is 5.40. The third-order valence-corrected chi connectivity index (χ3v) is 3.75. The zero-order valence-electron chi connectivity index (χ0n) is 12.9. The summed E-state index contributed by atoms with van der Waals surface area (Å²) >= 11 is 0. The number of hydrogen-bond donors (Lipinski definition) is 1.